The summed E-state index contributed by atoms with van der Waals surface area (Å²) in [6.07, 6.45) is 2.58. The smallest absolute Gasteiger partial charge is 0.411 e. The van der Waals surface area contributed by atoms with Crippen LogP contribution < -0.4 is 5.32 Å². The zero-order valence-corrected chi connectivity index (χ0v) is 18.3. The zero-order chi connectivity index (χ0) is 21.5. The number of benzene rings is 2. The number of anilines is 1. The van der Waals surface area contributed by atoms with E-state index in [4.69, 9.17) is 16.3 Å². The van der Waals surface area contributed by atoms with Crippen LogP contribution >= 0.6 is 11.6 Å². The van der Waals surface area contributed by atoms with Crippen LogP contribution in [0.1, 0.15) is 37.8 Å². The Morgan fingerprint density at radius 3 is 2.23 bits per heavy atom. The molecule has 2 aromatic carbocycles. The van der Waals surface area contributed by atoms with Gasteiger partial charge in [-0.1, -0.05) is 49.7 Å². The fourth-order valence-corrected chi connectivity index (χ4v) is 3.79. The van der Waals surface area contributed by atoms with Gasteiger partial charge in [-0.3, -0.25) is 10.1 Å². The van der Waals surface area contributed by atoms with Crippen LogP contribution in [0.4, 0.5) is 10.5 Å². The van der Waals surface area contributed by atoms with Crippen LogP contribution in [-0.4, -0.2) is 30.0 Å². The molecule has 30 heavy (non-hydrogen) atoms. The molecule has 1 heterocycles. The van der Waals surface area contributed by atoms with E-state index in [1.54, 1.807) is 12.1 Å². The van der Waals surface area contributed by atoms with Gasteiger partial charge in [0.2, 0.25) is 5.91 Å². The molecule has 2 amide bonds. The third kappa shape index (κ3) is 6.49. The zero-order valence-electron chi connectivity index (χ0n) is 17.6. The van der Waals surface area contributed by atoms with Crippen LogP contribution in [0.25, 0.3) is 0 Å². The second-order valence-corrected chi connectivity index (χ2v) is 8.59. The van der Waals surface area contributed by atoms with Gasteiger partial charge >= 0.3 is 6.09 Å². The molecule has 0 aliphatic carbocycles. The minimum absolute atomic E-state index is 0.0690. The van der Waals surface area contributed by atoms with Crippen molar-refractivity contribution in [2.24, 2.45) is 11.8 Å². The lowest BCUT2D eigenvalue weighted by atomic mass is 9.89. The predicted molar refractivity (Wildman–Crippen MR) is 120 cm³/mol. The fourth-order valence-electron chi connectivity index (χ4n) is 3.66. The summed E-state index contributed by atoms with van der Waals surface area (Å²) in [7, 11) is 0. The molecule has 0 saturated carbocycles. The normalized spacial score (nSPS) is 14.6. The first kappa shape index (κ1) is 22.2. The largest absolute Gasteiger partial charge is 0.444 e. The summed E-state index contributed by atoms with van der Waals surface area (Å²) in [5.74, 6) is 0.913. The maximum absolute atomic E-state index is 12.1. The van der Waals surface area contributed by atoms with Gasteiger partial charge in [-0.15, -0.1) is 0 Å². The lowest BCUT2D eigenvalue weighted by Gasteiger charge is -2.33. The molecule has 1 fully saturated rings. The van der Waals surface area contributed by atoms with E-state index in [1.165, 1.54) is 5.56 Å². The van der Waals surface area contributed by atoms with Crippen LogP contribution in [0.2, 0.25) is 5.02 Å². The molecule has 2 aromatic rings. The number of nitrogens with one attached hydrogen (secondary N) is 1. The van der Waals surface area contributed by atoms with Crippen molar-refractivity contribution in [2.45, 2.75) is 39.7 Å². The second-order valence-electron chi connectivity index (χ2n) is 8.15. The summed E-state index contributed by atoms with van der Waals surface area (Å²) in [6, 6.07) is 15.1. The van der Waals surface area contributed by atoms with E-state index >= 15 is 0 Å². The molecule has 0 radical (unpaired) electrons. The number of likely N-dealkylation sites (tertiary alicyclic amines) is 1. The molecule has 0 spiro atoms. The Morgan fingerprint density at radius 2 is 1.63 bits per heavy atom. The van der Waals surface area contributed by atoms with Crippen LogP contribution in [0.5, 0.6) is 0 Å². The molecule has 160 valence electrons. The average molecular weight is 429 g/mol. The van der Waals surface area contributed by atoms with Gasteiger partial charge in [-0.05, 0) is 60.6 Å². The number of halogens is 1. The van der Waals surface area contributed by atoms with Crippen molar-refractivity contribution in [1.29, 1.82) is 0 Å². The molecule has 1 aliphatic heterocycles. The fraction of sp³-hybridized carbons (Fsp3) is 0.417. The molecule has 6 heteroatoms. The molecule has 1 aliphatic rings. The lowest BCUT2D eigenvalue weighted by molar-refractivity contribution is -0.135. The maximum atomic E-state index is 12.1. The SMILES string of the molecule is CC(C)C(=O)N1CCC(Cc2ccc(NC(=O)OCc3ccc(Cl)cc3)cc2)CC1. The minimum Gasteiger partial charge on any atom is -0.444 e. The van der Waals surface area contributed by atoms with Gasteiger partial charge < -0.3 is 9.64 Å². The predicted octanol–water partition coefficient (Wildman–Crippen LogP) is 5.53. The highest BCUT2D eigenvalue weighted by atomic mass is 35.5. The standard InChI is InChI=1S/C24H29ClN2O3/c1-17(2)23(28)27-13-11-19(12-14-27)15-18-5-9-22(10-6-18)26-24(29)30-16-20-3-7-21(25)8-4-20/h3-10,17,19H,11-16H2,1-2H3,(H,26,29). The summed E-state index contributed by atoms with van der Waals surface area (Å²) in [6.45, 7) is 5.80. The Kier molecular flexibility index (Phi) is 7.75. The molecular weight excluding hydrogens is 400 g/mol. The highest BCUT2D eigenvalue weighted by molar-refractivity contribution is 6.30. The minimum atomic E-state index is -0.486. The average Bonchev–Trinajstić information content (AvgIpc) is 2.75. The van der Waals surface area contributed by atoms with Crippen LogP contribution in [0.15, 0.2) is 48.5 Å². The highest BCUT2D eigenvalue weighted by Crippen LogP contribution is 2.23. The van der Waals surface area contributed by atoms with E-state index in [1.807, 2.05) is 55.1 Å². The number of carbonyl (C=O) groups is 2. The highest BCUT2D eigenvalue weighted by Gasteiger charge is 2.24. The summed E-state index contributed by atoms with van der Waals surface area (Å²) < 4.78 is 5.24. The summed E-state index contributed by atoms with van der Waals surface area (Å²) in [4.78, 5) is 26.1. The molecule has 1 N–H and O–H groups in total. The van der Waals surface area contributed by atoms with Crippen molar-refractivity contribution in [2.75, 3.05) is 18.4 Å². The summed E-state index contributed by atoms with van der Waals surface area (Å²) >= 11 is 5.85. The first-order valence-electron chi connectivity index (χ1n) is 10.5. The second kappa shape index (κ2) is 10.5. The van der Waals surface area contributed by atoms with E-state index in [0.29, 0.717) is 16.6 Å². The van der Waals surface area contributed by atoms with Crippen LogP contribution in [0, 0.1) is 11.8 Å². The quantitative estimate of drug-likeness (QED) is 0.658. The Morgan fingerprint density at radius 1 is 1.03 bits per heavy atom. The number of hydrogen-bond donors (Lipinski definition) is 1. The third-order valence-electron chi connectivity index (χ3n) is 5.43. The number of ether oxygens (including phenoxy) is 1. The van der Waals surface area contributed by atoms with Gasteiger partial charge in [0.05, 0.1) is 0 Å². The number of hydrogen-bond acceptors (Lipinski definition) is 3. The molecule has 0 unspecified atom stereocenters. The van der Waals surface area contributed by atoms with E-state index < -0.39 is 6.09 Å². The molecule has 5 nitrogen and oxygen atoms in total. The summed E-state index contributed by atoms with van der Waals surface area (Å²) in [5.41, 5.74) is 2.83. The van der Waals surface area contributed by atoms with E-state index in [9.17, 15) is 9.59 Å². The number of rotatable bonds is 6. The summed E-state index contributed by atoms with van der Waals surface area (Å²) in [5, 5.41) is 3.40. The molecule has 0 aromatic heterocycles. The van der Waals surface area contributed by atoms with Gasteiger partial charge in [0, 0.05) is 29.7 Å². The van der Waals surface area contributed by atoms with Crippen molar-refractivity contribution >= 4 is 29.3 Å². The van der Waals surface area contributed by atoms with Crippen LogP contribution in [0.3, 0.4) is 0 Å². The van der Waals surface area contributed by atoms with Crippen molar-refractivity contribution < 1.29 is 14.3 Å². The first-order chi connectivity index (χ1) is 14.4. The van der Waals surface area contributed by atoms with E-state index in [-0.39, 0.29) is 18.4 Å². The van der Waals surface area contributed by atoms with Crippen molar-refractivity contribution in [3.63, 3.8) is 0 Å². The van der Waals surface area contributed by atoms with Gasteiger partial charge in [-0.25, -0.2) is 4.79 Å². The molecular formula is C24H29ClN2O3. The Bertz CT molecular complexity index is 842. The van der Waals surface area contributed by atoms with Crippen molar-refractivity contribution in [3.05, 3.63) is 64.7 Å². The van der Waals surface area contributed by atoms with E-state index in [2.05, 4.69) is 5.32 Å². The van der Waals surface area contributed by atoms with E-state index in [0.717, 1.165) is 37.9 Å². The Labute approximate surface area is 183 Å². The van der Waals surface area contributed by atoms with Crippen LogP contribution in [-0.2, 0) is 22.6 Å². The first-order valence-corrected chi connectivity index (χ1v) is 10.8. The van der Waals surface area contributed by atoms with Crippen molar-refractivity contribution in [3.8, 4) is 0 Å². The third-order valence-corrected chi connectivity index (χ3v) is 5.68. The Balaban J connectivity index is 1.42. The van der Waals surface area contributed by atoms with Gasteiger partial charge in [0.25, 0.3) is 0 Å². The topological polar surface area (TPSA) is 58.6 Å². The number of amides is 2. The molecule has 0 atom stereocenters. The number of nitrogens with zero attached hydrogens (tertiary/aromatic N) is 1. The Hall–Kier alpha value is -2.53. The molecule has 1 saturated heterocycles. The van der Waals surface area contributed by atoms with Gasteiger partial charge in [-0.2, -0.15) is 0 Å². The van der Waals surface area contributed by atoms with Gasteiger partial charge in [0.15, 0.2) is 0 Å². The van der Waals surface area contributed by atoms with Gasteiger partial charge in [0.1, 0.15) is 6.61 Å². The monoisotopic (exact) mass is 428 g/mol. The molecule has 0 bridgehead atoms. The maximum Gasteiger partial charge on any atom is 0.411 e. The number of piperidine rings is 1. The molecule has 3 rings (SSSR count). The number of carbonyl (C=O) groups excluding carboxylic acids is 2. The van der Waals surface area contributed by atoms with Crippen molar-refractivity contribution in [1.82, 2.24) is 4.90 Å². The lowest BCUT2D eigenvalue weighted by Crippen LogP contribution is -2.40.